The summed E-state index contributed by atoms with van der Waals surface area (Å²) in [7, 11) is 0. The van der Waals surface area contributed by atoms with Gasteiger partial charge in [0.15, 0.2) is 0 Å². The van der Waals surface area contributed by atoms with Gasteiger partial charge in [-0.25, -0.2) is 5.43 Å². The van der Waals surface area contributed by atoms with Crippen molar-refractivity contribution in [3.8, 4) is 17.0 Å². The van der Waals surface area contributed by atoms with E-state index in [-0.39, 0.29) is 5.91 Å². The molecule has 0 aliphatic rings. The van der Waals surface area contributed by atoms with Crippen molar-refractivity contribution in [1.29, 1.82) is 0 Å². The summed E-state index contributed by atoms with van der Waals surface area (Å²) in [6.07, 6.45) is 3.57. The van der Waals surface area contributed by atoms with Crippen LogP contribution in [0.25, 0.3) is 11.3 Å². The molecular weight excluding hydrogens is 352 g/mol. The molecule has 1 aromatic heterocycles. The number of aryl methyl sites for hydroxylation is 1. The normalized spacial score (nSPS) is 10.9. The summed E-state index contributed by atoms with van der Waals surface area (Å²) in [6.45, 7) is 4.86. The van der Waals surface area contributed by atoms with Crippen molar-refractivity contribution in [2.24, 2.45) is 5.10 Å². The monoisotopic (exact) mass is 376 g/mol. The number of carbonyl (C=O) groups is 1. The summed E-state index contributed by atoms with van der Waals surface area (Å²) >= 11 is 0. The van der Waals surface area contributed by atoms with Crippen LogP contribution in [0.15, 0.2) is 59.7 Å². The van der Waals surface area contributed by atoms with E-state index >= 15 is 0 Å². The first kappa shape index (κ1) is 19.4. The molecule has 0 aliphatic carbocycles. The molecule has 6 nitrogen and oxygen atoms in total. The van der Waals surface area contributed by atoms with E-state index in [1.54, 1.807) is 12.3 Å². The number of benzene rings is 2. The predicted octanol–water partition coefficient (Wildman–Crippen LogP) is 4.19. The second-order valence-corrected chi connectivity index (χ2v) is 6.33. The van der Waals surface area contributed by atoms with Gasteiger partial charge in [-0.05, 0) is 54.3 Å². The minimum Gasteiger partial charge on any atom is -0.494 e. The summed E-state index contributed by atoms with van der Waals surface area (Å²) in [4.78, 5) is 12.2. The van der Waals surface area contributed by atoms with E-state index in [1.165, 1.54) is 5.56 Å². The molecule has 0 unspecified atom stereocenters. The number of amides is 1. The van der Waals surface area contributed by atoms with Crippen molar-refractivity contribution in [3.63, 3.8) is 0 Å². The Hall–Kier alpha value is -3.41. The minimum atomic E-state index is -0.344. The SMILES string of the molecule is CCCOc1ccc(-c2cc(C(=O)N/N=C\c3ccc(CC)cc3)[nH]n2)cc1. The van der Waals surface area contributed by atoms with Crippen LogP contribution in [0.1, 0.15) is 41.9 Å². The number of hydrogen-bond donors (Lipinski definition) is 2. The Morgan fingerprint density at radius 3 is 2.57 bits per heavy atom. The largest absolute Gasteiger partial charge is 0.494 e. The number of ether oxygens (including phenoxy) is 1. The van der Waals surface area contributed by atoms with Crippen LogP contribution in [-0.4, -0.2) is 28.9 Å². The Morgan fingerprint density at radius 2 is 1.89 bits per heavy atom. The van der Waals surface area contributed by atoms with Gasteiger partial charge in [-0.3, -0.25) is 9.89 Å². The van der Waals surface area contributed by atoms with E-state index in [2.05, 4.69) is 34.6 Å². The highest BCUT2D eigenvalue weighted by Gasteiger charge is 2.10. The van der Waals surface area contributed by atoms with Crippen LogP contribution < -0.4 is 10.2 Å². The lowest BCUT2D eigenvalue weighted by molar-refractivity contribution is 0.0950. The lowest BCUT2D eigenvalue weighted by Gasteiger charge is -2.04. The van der Waals surface area contributed by atoms with Crippen molar-refractivity contribution >= 4 is 12.1 Å². The second kappa shape index (κ2) is 9.50. The zero-order valence-corrected chi connectivity index (χ0v) is 16.1. The molecule has 0 atom stereocenters. The van der Waals surface area contributed by atoms with Gasteiger partial charge in [0.25, 0.3) is 5.91 Å². The molecule has 1 heterocycles. The summed E-state index contributed by atoms with van der Waals surface area (Å²) in [6, 6.07) is 17.4. The summed E-state index contributed by atoms with van der Waals surface area (Å²) in [5.74, 6) is 0.475. The molecule has 0 aliphatic heterocycles. The van der Waals surface area contributed by atoms with Gasteiger partial charge in [0.2, 0.25) is 0 Å². The Morgan fingerprint density at radius 1 is 1.14 bits per heavy atom. The summed E-state index contributed by atoms with van der Waals surface area (Å²) in [5, 5.41) is 11.0. The number of nitrogens with zero attached hydrogens (tertiary/aromatic N) is 2. The van der Waals surface area contributed by atoms with Crippen LogP contribution in [0.2, 0.25) is 0 Å². The first-order chi connectivity index (χ1) is 13.7. The number of nitrogens with one attached hydrogen (secondary N) is 2. The van der Waals surface area contributed by atoms with Crippen LogP contribution >= 0.6 is 0 Å². The Balaban J connectivity index is 1.59. The van der Waals surface area contributed by atoms with Gasteiger partial charge in [-0.2, -0.15) is 10.2 Å². The van der Waals surface area contributed by atoms with Crippen LogP contribution in [0, 0.1) is 0 Å². The lowest BCUT2D eigenvalue weighted by Crippen LogP contribution is -2.17. The van der Waals surface area contributed by atoms with E-state index in [1.807, 2.05) is 48.5 Å². The van der Waals surface area contributed by atoms with Crippen molar-refractivity contribution in [2.75, 3.05) is 6.61 Å². The third-order valence-corrected chi connectivity index (χ3v) is 4.21. The average molecular weight is 376 g/mol. The maximum absolute atomic E-state index is 12.2. The number of H-pyrrole nitrogens is 1. The van der Waals surface area contributed by atoms with Gasteiger partial charge in [0.05, 0.1) is 18.5 Å². The van der Waals surface area contributed by atoms with E-state index in [4.69, 9.17) is 4.74 Å². The highest BCUT2D eigenvalue weighted by molar-refractivity contribution is 5.94. The van der Waals surface area contributed by atoms with Crippen LogP contribution in [0.4, 0.5) is 0 Å². The second-order valence-electron chi connectivity index (χ2n) is 6.33. The summed E-state index contributed by atoms with van der Waals surface area (Å²) in [5.41, 5.74) is 6.63. The molecule has 2 N–H and O–H groups in total. The molecule has 6 heteroatoms. The third kappa shape index (κ3) is 5.07. The van der Waals surface area contributed by atoms with Crippen LogP contribution in [0.5, 0.6) is 5.75 Å². The number of aromatic amines is 1. The fraction of sp³-hybridized carbons (Fsp3) is 0.227. The Bertz CT molecular complexity index is 928. The fourth-order valence-corrected chi connectivity index (χ4v) is 2.59. The topological polar surface area (TPSA) is 79.4 Å². The average Bonchev–Trinajstić information content (AvgIpc) is 3.23. The van der Waals surface area contributed by atoms with E-state index < -0.39 is 0 Å². The van der Waals surface area contributed by atoms with E-state index in [0.29, 0.717) is 18.0 Å². The Kier molecular flexibility index (Phi) is 6.57. The molecule has 0 saturated carbocycles. The minimum absolute atomic E-state index is 0.344. The molecule has 0 spiro atoms. The van der Waals surface area contributed by atoms with Crippen molar-refractivity contribution in [1.82, 2.24) is 15.6 Å². The van der Waals surface area contributed by atoms with Gasteiger partial charge >= 0.3 is 0 Å². The predicted molar refractivity (Wildman–Crippen MR) is 111 cm³/mol. The number of aromatic nitrogens is 2. The molecule has 1 amide bonds. The molecule has 0 fully saturated rings. The molecule has 0 saturated heterocycles. The number of hydrogen-bond acceptors (Lipinski definition) is 4. The van der Waals surface area contributed by atoms with Gasteiger partial charge in [-0.1, -0.05) is 38.1 Å². The molecule has 0 bridgehead atoms. The maximum atomic E-state index is 12.2. The van der Waals surface area contributed by atoms with Gasteiger partial charge in [-0.15, -0.1) is 0 Å². The zero-order chi connectivity index (χ0) is 19.8. The number of hydrazone groups is 1. The highest BCUT2D eigenvalue weighted by Crippen LogP contribution is 2.21. The molecule has 3 rings (SSSR count). The molecule has 0 radical (unpaired) electrons. The van der Waals surface area contributed by atoms with Crippen LogP contribution in [-0.2, 0) is 6.42 Å². The van der Waals surface area contributed by atoms with Crippen molar-refractivity contribution < 1.29 is 9.53 Å². The van der Waals surface area contributed by atoms with Crippen molar-refractivity contribution in [3.05, 3.63) is 71.4 Å². The van der Waals surface area contributed by atoms with Gasteiger partial charge in [0, 0.05) is 5.56 Å². The third-order valence-electron chi connectivity index (χ3n) is 4.21. The quantitative estimate of drug-likeness (QED) is 0.457. The molecule has 144 valence electrons. The number of carbonyl (C=O) groups excluding carboxylic acids is 1. The van der Waals surface area contributed by atoms with Crippen molar-refractivity contribution in [2.45, 2.75) is 26.7 Å². The zero-order valence-electron chi connectivity index (χ0n) is 16.1. The first-order valence-electron chi connectivity index (χ1n) is 9.40. The molecule has 28 heavy (non-hydrogen) atoms. The fourth-order valence-electron chi connectivity index (χ4n) is 2.59. The lowest BCUT2D eigenvalue weighted by atomic mass is 10.1. The highest BCUT2D eigenvalue weighted by atomic mass is 16.5. The molecule has 3 aromatic rings. The van der Waals surface area contributed by atoms with E-state index in [9.17, 15) is 4.79 Å². The van der Waals surface area contributed by atoms with Gasteiger partial charge < -0.3 is 4.74 Å². The van der Waals surface area contributed by atoms with Crippen LogP contribution in [0.3, 0.4) is 0 Å². The number of rotatable bonds is 8. The first-order valence-corrected chi connectivity index (χ1v) is 9.40. The maximum Gasteiger partial charge on any atom is 0.289 e. The molecular formula is C22H24N4O2. The Labute approximate surface area is 164 Å². The molecule has 2 aromatic carbocycles. The standard InChI is InChI=1S/C22H24N4O2/c1-3-13-28-19-11-9-18(10-12-19)20-14-21(25-24-20)22(27)26-23-15-17-7-5-16(4-2)6-8-17/h5-12,14-15H,3-4,13H2,1-2H3,(H,24,25)(H,26,27)/b23-15-. The van der Waals surface area contributed by atoms with Gasteiger partial charge in [0.1, 0.15) is 11.4 Å². The summed E-state index contributed by atoms with van der Waals surface area (Å²) < 4.78 is 5.57. The smallest absolute Gasteiger partial charge is 0.289 e. The van der Waals surface area contributed by atoms with E-state index in [0.717, 1.165) is 29.7 Å².